The molecule has 2 aromatic heterocycles. The molecule has 1 saturated carbocycles. The fourth-order valence-corrected chi connectivity index (χ4v) is 4.48. The molecule has 2 fully saturated rings. The van der Waals surface area contributed by atoms with Crippen molar-refractivity contribution in [2.75, 3.05) is 5.73 Å². The number of aliphatic hydroxyl groups is 1. The molecule has 5 N–H and O–H groups in total. The maximum Gasteiger partial charge on any atom is 0.189 e. The van der Waals surface area contributed by atoms with Gasteiger partial charge in [0, 0.05) is 30.4 Å². The van der Waals surface area contributed by atoms with Crippen molar-refractivity contribution in [3.63, 3.8) is 0 Å². The van der Waals surface area contributed by atoms with Gasteiger partial charge in [-0.3, -0.25) is 9.78 Å². The lowest BCUT2D eigenvalue weighted by Gasteiger charge is -2.39. The average molecular weight is 446 g/mol. The van der Waals surface area contributed by atoms with Gasteiger partial charge >= 0.3 is 0 Å². The van der Waals surface area contributed by atoms with E-state index in [-0.39, 0.29) is 42.0 Å². The van der Waals surface area contributed by atoms with Gasteiger partial charge in [0.15, 0.2) is 11.6 Å². The summed E-state index contributed by atoms with van der Waals surface area (Å²) in [5.74, 6) is 0.195. The van der Waals surface area contributed by atoms with Crippen LogP contribution in [0.1, 0.15) is 47.0 Å². The van der Waals surface area contributed by atoms with Gasteiger partial charge in [-0.05, 0) is 42.4 Å². The molecule has 3 heterocycles. The van der Waals surface area contributed by atoms with Gasteiger partial charge in [-0.15, -0.1) is 0 Å². The zero-order chi connectivity index (χ0) is 22.9. The number of pyridine rings is 1. The minimum atomic E-state index is -0.670. The number of nitrogens with zero attached hydrogens (tertiary/aromatic N) is 3. The normalized spacial score (nSPS) is 25.0. The van der Waals surface area contributed by atoms with Crippen molar-refractivity contribution >= 4 is 11.6 Å². The molecule has 0 radical (unpaired) electrons. The Morgan fingerprint density at radius 3 is 2.70 bits per heavy atom. The van der Waals surface area contributed by atoms with Gasteiger partial charge in [-0.2, -0.15) is 0 Å². The SMILES string of the molecule is Nc1ncc(-c2ccccc2)nc1C(=O)Cc1cnccc1[C@H]1C[C@@H](N)[C@H](O)[C@@H](C2CC2)O1. The summed E-state index contributed by atoms with van der Waals surface area (Å²) >= 11 is 0. The van der Waals surface area contributed by atoms with Gasteiger partial charge in [-0.25, -0.2) is 9.97 Å². The third-order valence-electron chi connectivity index (χ3n) is 6.44. The van der Waals surface area contributed by atoms with Crippen LogP contribution < -0.4 is 11.5 Å². The number of carbonyl (C=O) groups is 1. The van der Waals surface area contributed by atoms with Crippen LogP contribution in [0.4, 0.5) is 5.82 Å². The molecule has 1 aliphatic carbocycles. The molecule has 0 amide bonds. The summed E-state index contributed by atoms with van der Waals surface area (Å²) in [6.07, 6.45) is 6.28. The smallest absolute Gasteiger partial charge is 0.189 e. The highest BCUT2D eigenvalue weighted by Gasteiger charge is 2.44. The lowest BCUT2D eigenvalue weighted by atomic mass is 9.88. The Hall–Kier alpha value is -3.20. The average Bonchev–Trinajstić information content (AvgIpc) is 3.67. The molecule has 8 nitrogen and oxygen atoms in total. The third-order valence-corrected chi connectivity index (χ3v) is 6.44. The van der Waals surface area contributed by atoms with Crippen LogP contribution in [0.5, 0.6) is 0 Å². The number of aromatic nitrogens is 3. The van der Waals surface area contributed by atoms with Crippen molar-refractivity contribution < 1.29 is 14.6 Å². The molecule has 170 valence electrons. The Morgan fingerprint density at radius 2 is 1.94 bits per heavy atom. The maximum atomic E-state index is 13.2. The quantitative estimate of drug-likeness (QED) is 0.492. The maximum absolute atomic E-state index is 13.2. The van der Waals surface area contributed by atoms with Gasteiger partial charge in [0.05, 0.1) is 30.2 Å². The van der Waals surface area contributed by atoms with Gasteiger partial charge in [0.1, 0.15) is 5.69 Å². The van der Waals surface area contributed by atoms with Crippen molar-refractivity contribution in [2.24, 2.45) is 11.7 Å². The van der Waals surface area contributed by atoms with E-state index in [0.29, 0.717) is 18.0 Å². The highest BCUT2D eigenvalue weighted by atomic mass is 16.5. The molecule has 0 spiro atoms. The topological polar surface area (TPSA) is 137 Å². The Morgan fingerprint density at radius 1 is 1.15 bits per heavy atom. The number of nitrogen functional groups attached to an aromatic ring is 1. The van der Waals surface area contributed by atoms with Crippen molar-refractivity contribution in [1.82, 2.24) is 15.0 Å². The monoisotopic (exact) mass is 445 g/mol. The van der Waals surface area contributed by atoms with E-state index in [1.54, 1.807) is 18.6 Å². The first kappa shape index (κ1) is 21.6. The van der Waals surface area contributed by atoms with E-state index in [2.05, 4.69) is 15.0 Å². The number of benzene rings is 1. The van der Waals surface area contributed by atoms with Crippen molar-refractivity contribution in [2.45, 2.75) is 50.0 Å². The number of Topliss-reactive ketones (excluding diaryl/α,β-unsaturated/α-hetero) is 1. The first-order chi connectivity index (χ1) is 16.0. The van der Waals surface area contributed by atoms with Gasteiger partial charge in [-0.1, -0.05) is 30.3 Å². The number of hydrogen-bond acceptors (Lipinski definition) is 8. The Kier molecular flexibility index (Phi) is 5.88. The van der Waals surface area contributed by atoms with E-state index >= 15 is 0 Å². The van der Waals surface area contributed by atoms with Crippen molar-refractivity contribution in [3.8, 4) is 11.3 Å². The molecule has 5 rings (SSSR count). The number of rotatable bonds is 6. The van der Waals surface area contributed by atoms with Crippen LogP contribution in [-0.4, -0.2) is 44.1 Å². The summed E-state index contributed by atoms with van der Waals surface area (Å²) in [6, 6.07) is 11.0. The summed E-state index contributed by atoms with van der Waals surface area (Å²) in [7, 11) is 0. The second kappa shape index (κ2) is 8.97. The summed E-state index contributed by atoms with van der Waals surface area (Å²) in [5.41, 5.74) is 15.4. The first-order valence-electron chi connectivity index (χ1n) is 11.2. The minimum absolute atomic E-state index is 0.0616. The van der Waals surface area contributed by atoms with Crippen LogP contribution in [0.3, 0.4) is 0 Å². The molecule has 2 aliphatic rings. The summed E-state index contributed by atoms with van der Waals surface area (Å²) < 4.78 is 6.29. The molecule has 4 atom stereocenters. The number of hydrogen-bond donors (Lipinski definition) is 3. The molecule has 3 aromatic rings. The number of nitrogens with two attached hydrogens (primary N) is 2. The second-order valence-electron chi connectivity index (χ2n) is 8.85. The van der Waals surface area contributed by atoms with Gasteiger partial charge in [0.25, 0.3) is 0 Å². The zero-order valence-corrected chi connectivity index (χ0v) is 18.2. The molecular weight excluding hydrogens is 418 g/mol. The van der Waals surface area contributed by atoms with E-state index in [4.69, 9.17) is 16.2 Å². The Bertz CT molecular complexity index is 1150. The van der Waals surface area contributed by atoms with E-state index in [1.165, 1.54) is 0 Å². The van der Waals surface area contributed by atoms with Crippen LogP contribution in [0.25, 0.3) is 11.3 Å². The third kappa shape index (κ3) is 4.50. The molecule has 1 saturated heterocycles. The highest BCUT2D eigenvalue weighted by Crippen LogP contribution is 2.43. The molecule has 0 unspecified atom stereocenters. The summed E-state index contributed by atoms with van der Waals surface area (Å²) in [5, 5.41) is 10.5. The number of aliphatic hydroxyl groups excluding tert-OH is 1. The molecule has 1 aliphatic heterocycles. The molecule has 0 bridgehead atoms. The standard InChI is InChI=1S/C25H27N5O3/c26-18-11-21(33-24(23(18)32)15-6-7-15)17-8-9-28-12-16(17)10-20(31)22-25(27)29-13-19(30-22)14-4-2-1-3-5-14/h1-5,8-9,12-13,15,18,21,23-24,32H,6-7,10-11,26H2,(H2,27,29)/t18-,21-,23+,24-/m1/s1. The lowest BCUT2D eigenvalue weighted by molar-refractivity contribution is -0.137. The number of ether oxygens (including phenoxy) is 1. The number of carbonyl (C=O) groups excluding carboxylic acids is 1. The fourth-order valence-electron chi connectivity index (χ4n) is 4.48. The fraction of sp³-hybridized carbons (Fsp3) is 0.360. The minimum Gasteiger partial charge on any atom is -0.389 e. The lowest BCUT2D eigenvalue weighted by Crippen LogP contribution is -2.50. The second-order valence-corrected chi connectivity index (χ2v) is 8.85. The highest BCUT2D eigenvalue weighted by molar-refractivity contribution is 5.99. The van der Waals surface area contributed by atoms with Crippen molar-refractivity contribution in [1.29, 1.82) is 0 Å². The predicted octanol–water partition coefficient (Wildman–Crippen LogP) is 2.47. The Labute approximate surface area is 192 Å². The van der Waals surface area contributed by atoms with E-state index < -0.39 is 6.10 Å². The molecule has 33 heavy (non-hydrogen) atoms. The van der Waals surface area contributed by atoms with Crippen LogP contribution in [0.2, 0.25) is 0 Å². The number of ketones is 1. The van der Waals surface area contributed by atoms with Crippen LogP contribution in [-0.2, 0) is 11.2 Å². The first-order valence-corrected chi connectivity index (χ1v) is 11.2. The summed E-state index contributed by atoms with van der Waals surface area (Å²) in [6.45, 7) is 0. The van der Waals surface area contributed by atoms with Crippen LogP contribution in [0.15, 0.2) is 55.0 Å². The summed E-state index contributed by atoms with van der Waals surface area (Å²) in [4.78, 5) is 26.2. The van der Waals surface area contributed by atoms with E-state index in [0.717, 1.165) is 29.5 Å². The Balaban J connectivity index is 1.40. The van der Waals surface area contributed by atoms with Crippen LogP contribution in [0, 0.1) is 5.92 Å². The van der Waals surface area contributed by atoms with Crippen LogP contribution >= 0.6 is 0 Å². The molecular formula is C25H27N5O3. The van der Waals surface area contributed by atoms with E-state index in [9.17, 15) is 9.90 Å². The number of anilines is 1. The van der Waals surface area contributed by atoms with E-state index in [1.807, 2.05) is 36.4 Å². The largest absolute Gasteiger partial charge is 0.389 e. The van der Waals surface area contributed by atoms with Gasteiger partial charge < -0.3 is 21.3 Å². The molecule has 1 aromatic carbocycles. The van der Waals surface area contributed by atoms with Gasteiger partial charge in [0.2, 0.25) is 0 Å². The zero-order valence-electron chi connectivity index (χ0n) is 18.2. The molecule has 8 heteroatoms. The predicted molar refractivity (Wildman–Crippen MR) is 123 cm³/mol. The van der Waals surface area contributed by atoms with Crippen molar-refractivity contribution in [3.05, 3.63) is 71.8 Å².